The number of nitrogens with two attached hydrogens (primary N) is 1. The van der Waals surface area contributed by atoms with Crippen LogP contribution in [0, 0.1) is 0 Å². The Hall–Kier alpha value is -2.23. The fraction of sp³-hybridized carbons (Fsp3) is 0.438. The minimum absolute atomic E-state index is 0.282. The topological polar surface area (TPSA) is 85.8 Å². The Bertz CT molecular complexity index is 763. The van der Waals surface area contributed by atoms with Crippen molar-refractivity contribution >= 4 is 23.4 Å². The quantitative estimate of drug-likeness (QED) is 0.561. The highest BCUT2D eigenvalue weighted by molar-refractivity contribution is 8.00. The van der Waals surface area contributed by atoms with E-state index in [4.69, 9.17) is 5.84 Å². The number of hydrogen-bond acceptors (Lipinski definition) is 5. The van der Waals surface area contributed by atoms with Crippen molar-refractivity contribution in [3.63, 3.8) is 0 Å². The van der Waals surface area contributed by atoms with Gasteiger partial charge in [-0.15, -0.1) is 10.2 Å². The molecule has 0 fully saturated rings. The van der Waals surface area contributed by atoms with E-state index in [2.05, 4.69) is 15.5 Å². The summed E-state index contributed by atoms with van der Waals surface area (Å²) in [5, 5.41) is 9.88. The summed E-state index contributed by atoms with van der Waals surface area (Å²) in [7, 11) is 0. The van der Waals surface area contributed by atoms with Crippen LogP contribution in [-0.4, -0.2) is 26.0 Å². The molecule has 0 radical (unpaired) electrons. The van der Waals surface area contributed by atoms with Crippen molar-refractivity contribution in [3.05, 3.63) is 35.7 Å². The Morgan fingerprint density at radius 1 is 1.35 bits per heavy atom. The van der Waals surface area contributed by atoms with Crippen LogP contribution in [0.2, 0.25) is 0 Å². The number of anilines is 1. The van der Waals surface area contributed by atoms with Gasteiger partial charge in [-0.1, -0.05) is 37.2 Å². The van der Waals surface area contributed by atoms with E-state index in [0.29, 0.717) is 17.4 Å². The highest BCUT2D eigenvalue weighted by Crippen LogP contribution is 2.35. The van der Waals surface area contributed by atoms with Gasteiger partial charge in [0.1, 0.15) is 0 Å². The molecule has 6 nitrogen and oxygen atoms in total. The van der Waals surface area contributed by atoms with Crippen LogP contribution >= 0.6 is 11.8 Å². The number of benzene rings is 1. The molecule has 10 heteroatoms. The average molecular weight is 387 g/mol. The Balaban J connectivity index is 2.06. The lowest BCUT2D eigenvalue weighted by molar-refractivity contribution is -0.137. The standard InChI is InChI=1S/C16H20F3N5OS/c1-3-4-9-13-22-23-15(24(13)20)26-10(2)14(25)21-12-8-6-5-7-11(12)16(17,18)19/h5-8,10H,3-4,9,20H2,1-2H3,(H,21,25)/t10-/m1/s1. The first-order valence-corrected chi connectivity index (χ1v) is 8.95. The zero-order chi connectivity index (χ0) is 19.3. The van der Waals surface area contributed by atoms with E-state index < -0.39 is 22.9 Å². The third kappa shape index (κ3) is 4.90. The van der Waals surface area contributed by atoms with Gasteiger partial charge in [0.05, 0.1) is 16.5 Å². The lowest BCUT2D eigenvalue weighted by Crippen LogP contribution is -2.25. The molecule has 0 saturated carbocycles. The van der Waals surface area contributed by atoms with E-state index in [1.807, 2.05) is 6.92 Å². The summed E-state index contributed by atoms with van der Waals surface area (Å²) in [6.07, 6.45) is -2.00. The van der Waals surface area contributed by atoms with Crippen molar-refractivity contribution in [3.8, 4) is 0 Å². The average Bonchev–Trinajstić information content (AvgIpc) is 2.92. The van der Waals surface area contributed by atoms with Gasteiger partial charge >= 0.3 is 6.18 Å². The maximum absolute atomic E-state index is 13.0. The van der Waals surface area contributed by atoms with Gasteiger partial charge in [0, 0.05) is 6.42 Å². The lowest BCUT2D eigenvalue weighted by atomic mass is 10.1. The summed E-state index contributed by atoms with van der Waals surface area (Å²) >= 11 is 1.04. The Labute approximate surface area is 153 Å². The molecule has 0 spiro atoms. The second-order valence-corrected chi connectivity index (χ2v) is 6.97. The van der Waals surface area contributed by atoms with Gasteiger partial charge in [0.15, 0.2) is 5.82 Å². The number of thioether (sulfide) groups is 1. The molecule has 1 amide bonds. The smallest absolute Gasteiger partial charge is 0.336 e. The molecule has 1 atom stereocenters. The van der Waals surface area contributed by atoms with Crippen LogP contribution in [-0.2, 0) is 17.4 Å². The number of nitrogens with zero attached hydrogens (tertiary/aromatic N) is 3. The van der Waals surface area contributed by atoms with Crippen LogP contribution in [0.25, 0.3) is 0 Å². The van der Waals surface area contributed by atoms with E-state index in [1.165, 1.54) is 22.9 Å². The van der Waals surface area contributed by atoms with E-state index in [0.717, 1.165) is 30.7 Å². The molecule has 0 aliphatic carbocycles. The number of aryl methyl sites for hydroxylation is 1. The molecule has 2 rings (SSSR count). The Morgan fingerprint density at radius 3 is 2.69 bits per heavy atom. The monoisotopic (exact) mass is 387 g/mol. The van der Waals surface area contributed by atoms with E-state index in [9.17, 15) is 18.0 Å². The summed E-state index contributed by atoms with van der Waals surface area (Å²) in [4.78, 5) is 12.3. The number of hydrogen-bond donors (Lipinski definition) is 2. The summed E-state index contributed by atoms with van der Waals surface area (Å²) in [6.45, 7) is 3.61. The first-order valence-electron chi connectivity index (χ1n) is 8.07. The molecule has 0 unspecified atom stereocenters. The van der Waals surface area contributed by atoms with Gasteiger partial charge in [-0.05, 0) is 25.5 Å². The lowest BCUT2D eigenvalue weighted by Gasteiger charge is -2.15. The molecule has 26 heavy (non-hydrogen) atoms. The molecule has 1 aromatic carbocycles. The van der Waals surface area contributed by atoms with Crippen molar-refractivity contribution in [1.29, 1.82) is 0 Å². The van der Waals surface area contributed by atoms with Crippen molar-refractivity contribution in [1.82, 2.24) is 14.9 Å². The minimum Gasteiger partial charge on any atom is -0.336 e. The molecule has 2 aromatic rings. The van der Waals surface area contributed by atoms with E-state index >= 15 is 0 Å². The predicted octanol–water partition coefficient (Wildman–Crippen LogP) is 3.47. The number of para-hydroxylation sites is 1. The molecule has 0 aliphatic heterocycles. The van der Waals surface area contributed by atoms with Crippen LogP contribution in [0.4, 0.5) is 18.9 Å². The first-order chi connectivity index (χ1) is 12.2. The fourth-order valence-corrected chi connectivity index (χ4v) is 2.97. The number of halogens is 3. The number of carbonyl (C=O) groups excluding carboxylic acids is 1. The molecule has 0 bridgehead atoms. The highest BCUT2D eigenvalue weighted by Gasteiger charge is 2.34. The number of nitrogen functional groups attached to an aromatic ring is 1. The number of aromatic nitrogens is 3. The van der Waals surface area contributed by atoms with Crippen LogP contribution in [0.5, 0.6) is 0 Å². The van der Waals surface area contributed by atoms with Gasteiger partial charge in [0.2, 0.25) is 11.1 Å². The summed E-state index contributed by atoms with van der Waals surface area (Å²) < 4.78 is 40.3. The first kappa shape index (κ1) is 20.1. The molecule has 1 heterocycles. The third-order valence-electron chi connectivity index (χ3n) is 3.63. The van der Waals surface area contributed by atoms with Crippen molar-refractivity contribution in [2.45, 2.75) is 49.7 Å². The van der Waals surface area contributed by atoms with E-state index in [1.54, 1.807) is 6.92 Å². The maximum Gasteiger partial charge on any atom is 0.418 e. The van der Waals surface area contributed by atoms with Gasteiger partial charge in [-0.25, -0.2) is 4.68 Å². The molecular weight excluding hydrogens is 367 g/mol. The number of amides is 1. The maximum atomic E-state index is 13.0. The number of nitrogens with one attached hydrogen (secondary N) is 1. The van der Waals surface area contributed by atoms with Crippen molar-refractivity contribution in [2.75, 3.05) is 11.2 Å². The number of rotatable bonds is 7. The Kier molecular flexibility index (Phi) is 6.52. The summed E-state index contributed by atoms with van der Waals surface area (Å²) in [5.74, 6) is 5.94. The van der Waals surface area contributed by atoms with Crippen molar-refractivity contribution in [2.24, 2.45) is 0 Å². The van der Waals surface area contributed by atoms with Crippen LogP contribution in [0.3, 0.4) is 0 Å². The van der Waals surface area contributed by atoms with Gasteiger partial charge in [0.25, 0.3) is 0 Å². The SMILES string of the molecule is CCCCc1nnc(S[C@H](C)C(=O)Nc2ccccc2C(F)(F)F)n1N. The molecule has 1 aromatic heterocycles. The molecule has 142 valence electrons. The third-order valence-corrected chi connectivity index (χ3v) is 4.69. The van der Waals surface area contributed by atoms with Crippen LogP contribution < -0.4 is 11.2 Å². The molecule has 0 saturated heterocycles. The number of unbranched alkanes of at least 4 members (excludes halogenated alkanes) is 1. The minimum atomic E-state index is -4.55. The Morgan fingerprint density at radius 2 is 2.04 bits per heavy atom. The second-order valence-electron chi connectivity index (χ2n) is 5.67. The molecule has 0 aliphatic rings. The van der Waals surface area contributed by atoms with Crippen LogP contribution in [0.15, 0.2) is 29.4 Å². The van der Waals surface area contributed by atoms with Crippen LogP contribution in [0.1, 0.15) is 38.1 Å². The molecule has 3 N–H and O–H groups in total. The highest BCUT2D eigenvalue weighted by atomic mass is 32.2. The van der Waals surface area contributed by atoms with E-state index in [-0.39, 0.29) is 5.69 Å². The zero-order valence-corrected chi connectivity index (χ0v) is 15.2. The normalized spacial score (nSPS) is 12.8. The zero-order valence-electron chi connectivity index (χ0n) is 14.4. The van der Waals surface area contributed by atoms with Crippen molar-refractivity contribution < 1.29 is 18.0 Å². The molecular formula is C16H20F3N5OS. The predicted molar refractivity (Wildman–Crippen MR) is 94.2 cm³/mol. The summed E-state index contributed by atoms with van der Waals surface area (Å²) in [5.41, 5.74) is -1.18. The number of carbonyl (C=O) groups is 1. The van der Waals surface area contributed by atoms with Gasteiger partial charge in [-0.3, -0.25) is 4.79 Å². The van der Waals surface area contributed by atoms with Gasteiger partial charge in [-0.2, -0.15) is 13.2 Å². The van der Waals surface area contributed by atoms with Gasteiger partial charge < -0.3 is 11.2 Å². The fourth-order valence-electron chi connectivity index (χ4n) is 2.18. The largest absolute Gasteiger partial charge is 0.418 e. The summed E-state index contributed by atoms with van der Waals surface area (Å²) in [6, 6.07) is 4.83. The second kappa shape index (κ2) is 8.43. The number of alkyl halides is 3.